The number of pyridine rings is 1. The summed E-state index contributed by atoms with van der Waals surface area (Å²) in [6, 6.07) is 5.15. The van der Waals surface area contributed by atoms with Crippen molar-refractivity contribution in [2.24, 2.45) is 5.73 Å². The lowest BCUT2D eigenvalue weighted by atomic mass is 10.0. The zero-order chi connectivity index (χ0) is 11.5. The Morgan fingerprint density at radius 1 is 1.50 bits per heavy atom. The molecule has 0 aromatic carbocycles. The van der Waals surface area contributed by atoms with E-state index in [1.54, 1.807) is 6.07 Å². The quantitative estimate of drug-likeness (QED) is 0.798. The van der Waals surface area contributed by atoms with E-state index >= 15 is 0 Å². The largest absolute Gasteiger partial charge is 0.368 e. The van der Waals surface area contributed by atoms with Gasteiger partial charge in [-0.3, -0.25) is 4.79 Å². The maximum atomic E-state index is 11.3. The summed E-state index contributed by atoms with van der Waals surface area (Å²) >= 11 is 5.84. The number of carbonyl (C=O) groups is 1. The maximum Gasteiger partial charge on any atom is 0.240 e. The second-order valence-electron chi connectivity index (χ2n) is 3.93. The van der Waals surface area contributed by atoms with Crippen LogP contribution in [-0.4, -0.2) is 23.5 Å². The van der Waals surface area contributed by atoms with Gasteiger partial charge < -0.3 is 10.6 Å². The monoisotopic (exact) mass is 239 g/mol. The van der Waals surface area contributed by atoms with Crippen LogP contribution < -0.4 is 10.6 Å². The van der Waals surface area contributed by atoms with Crippen LogP contribution in [0, 0.1) is 0 Å². The van der Waals surface area contributed by atoms with Crippen molar-refractivity contribution in [3.8, 4) is 0 Å². The van der Waals surface area contributed by atoms with E-state index < -0.39 is 0 Å². The molecule has 1 fully saturated rings. The predicted octanol–water partition coefficient (Wildman–Crippen LogP) is 1.58. The molecule has 1 atom stereocenters. The third-order valence-electron chi connectivity index (χ3n) is 2.83. The molecular weight excluding hydrogens is 226 g/mol. The zero-order valence-corrected chi connectivity index (χ0v) is 9.65. The number of amides is 1. The van der Waals surface area contributed by atoms with E-state index in [0.717, 1.165) is 31.6 Å². The Balaban J connectivity index is 2.26. The number of nitrogens with two attached hydrogens (primary N) is 1. The summed E-state index contributed by atoms with van der Waals surface area (Å²) in [6.07, 6.45) is 2.88. The summed E-state index contributed by atoms with van der Waals surface area (Å²) < 4.78 is 0. The Kier molecular flexibility index (Phi) is 3.29. The van der Waals surface area contributed by atoms with E-state index in [-0.39, 0.29) is 11.9 Å². The fraction of sp³-hybridized carbons (Fsp3) is 0.455. The molecule has 1 aliphatic heterocycles. The van der Waals surface area contributed by atoms with Crippen LogP contribution in [0.1, 0.15) is 19.3 Å². The average molecular weight is 240 g/mol. The van der Waals surface area contributed by atoms with Gasteiger partial charge in [0.25, 0.3) is 0 Å². The Labute approximate surface area is 99.4 Å². The Morgan fingerprint density at radius 2 is 2.31 bits per heavy atom. The van der Waals surface area contributed by atoms with Gasteiger partial charge in [0.05, 0.1) is 0 Å². The van der Waals surface area contributed by atoms with Gasteiger partial charge in [-0.15, -0.1) is 0 Å². The van der Waals surface area contributed by atoms with Crippen LogP contribution in [0.5, 0.6) is 0 Å². The number of anilines is 1. The summed E-state index contributed by atoms with van der Waals surface area (Å²) in [5.74, 6) is 0.442. The van der Waals surface area contributed by atoms with Gasteiger partial charge in [-0.05, 0) is 31.4 Å². The Bertz CT molecular complexity index is 397. The highest BCUT2D eigenvalue weighted by atomic mass is 35.5. The van der Waals surface area contributed by atoms with Crippen LogP contribution in [-0.2, 0) is 4.79 Å². The van der Waals surface area contributed by atoms with Gasteiger partial charge >= 0.3 is 0 Å². The standard InChI is InChI=1S/C11H14ClN3O/c12-9-5-3-6-10(14-9)15-7-2-1-4-8(15)11(13)16/h3,5-6,8H,1-2,4,7H2,(H2,13,16). The van der Waals surface area contributed by atoms with Crippen molar-refractivity contribution >= 4 is 23.3 Å². The zero-order valence-electron chi connectivity index (χ0n) is 8.90. The molecule has 2 rings (SSSR count). The molecular formula is C11H14ClN3O. The number of hydrogen-bond acceptors (Lipinski definition) is 3. The van der Waals surface area contributed by atoms with Gasteiger partial charge in [-0.25, -0.2) is 4.98 Å². The van der Waals surface area contributed by atoms with Crippen LogP contribution in [0.3, 0.4) is 0 Å². The lowest BCUT2D eigenvalue weighted by Crippen LogP contribution is -2.48. The predicted molar refractivity (Wildman–Crippen MR) is 63.4 cm³/mol. The minimum Gasteiger partial charge on any atom is -0.368 e. The van der Waals surface area contributed by atoms with E-state index in [1.807, 2.05) is 17.0 Å². The lowest BCUT2D eigenvalue weighted by molar-refractivity contribution is -0.119. The molecule has 0 spiro atoms. The SMILES string of the molecule is NC(=O)C1CCCCN1c1cccc(Cl)n1. The molecule has 1 aliphatic rings. The highest BCUT2D eigenvalue weighted by molar-refractivity contribution is 6.29. The van der Waals surface area contributed by atoms with Gasteiger partial charge in [0.2, 0.25) is 5.91 Å². The van der Waals surface area contributed by atoms with E-state index in [0.29, 0.717) is 5.15 Å². The van der Waals surface area contributed by atoms with Crippen LogP contribution in [0.4, 0.5) is 5.82 Å². The molecule has 16 heavy (non-hydrogen) atoms. The minimum atomic E-state index is -0.290. The third-order valence-corrected chi connectivity index (χ3v) is 3.04. The fourth-order valence-corrected chi connectivity index (χ4v) is 2.22. The Morgan fingerprint density at radius 3 is 3.00 bits per heavy atom. The van der Waals surface area contributed by atoms with Crippen LogP contribution in [0.25, 0.3) is 0 Å². The topological polar surface area (TPSA) is 59.2 Å². The van der Waals surface area contributed by atoms with Crippen molar-refractivity contribution < 1.29 is 4.79 Å². The van der Waals surface area contributed by atoms with E-state index in [2.05, 4.69) is 4.98 Å². The Hall–Kier alpha value is -1.29. The molecule has 5 heteroatoms. The first kappa shape index (κ1) is 11.2. The van der Waals surface area contributed by atoms with Gasteiger partial charge in [0.15, 0.2) is 0 Å². The first-order chi connectivity index (χ1) is 7.68. The number of piperidine rings is 1. The van der Waals surface area contributed by atoms with Gasteiger partial charge in [-0.1, -0.05) is 17.7 Å². The fourth-order valence-electron chi connectivity index (χ4n) is 2.06. The summed E-state index contributed by atoms with van der Waals surface area (Å²) in [5, 5.41) is 0.436. The van der Waals surface area contributed by atoms with Gasteiger partial charge in [0.1, 0.15) is 17.0 Å². The number of aromatic nitrogens is 1. The second-order valence-corrected chi connectivity index (χ2v) is 4.31. The third kappa shape index (κ3) is 2.27. The number of halogens is 1. The molecule has 0 radical (unpaired) electrons. The molecule has 1 saturated heterocycles. The van der Waals surface area contributed by atoms with Crippen LogP contribution in [0.2, 0.25) is 5.15 Å². The van der Waals surface area contributed by atoms with Crippen molar-refractivity contribution in [3.63, 3.8) is 0 Å². The van der Waals surface area contributed by atoms with Crippen LogP contribution >= 0.6 is 11.6 Å². The smallest absolute Gasteiger partial charge is 0.240 e. The number of hydrogen-bond donors (Lipinski definition) is 1. The molecule has 1 aromatic heterocycles. The van der Waals surface area contributed by atoms with Crippen LogP contribution in [0.15, 0.2) is 18.2 Å². The number of carbonyl (C=O) groups excluding carboxylic acids is 1. The molecule has 0 bridgehead atoms. The molecule has 1 amide bonds. The summed E-state index contributed by atoms with van der Waals surface area (Å²) in [7, 11) is 0. The summed E-state index contributed by atoms with van der Waals surface area (Å²) in [4.78, 5) is 17.5. The molecule has 4 nitrogen and oxygen atoms in total. The van der Waals surface area contributed by atoms with E-state index in [9.17, 15) is 4.79 Å². The first-order valence-electron chi connectivity index (χ1n) is 5.37. The van der Waals surface area contributed by atoms with Crippen molar-refractivity contribution in [2.75, 3.05) is 11.4 Å². The van der Waals surface area contributed by atoms with Crippen molar-refractivity contribution in [1.82, 2.24) is 4.98 Å². The van der Waals surface area contributed by atoms with Crippen molar-refractivity contribution in [2.45, 2.75) is 25.3 Å². The number of nitrogens with zero attached hydrogens (tertiary/aromatic N) is 2. The van der Waals surface area contributed by atoms with Crippen molar-refractivity contribution in [3.05, 3.63) is 23.4 Å². The summed E-state index contributed by atoms with van der Waals surface area (Å²) in [5.41, 5.74) is 5.39. The molecule has 1 unspecified atom stereocenters. The van der Waals surface area contributed by atoms with Crippen molar-refractivity contribution in [1.29, 1.82) is 0 Å². The van der Waals surface area contributed by atoms with Gasteiger partial charge in [-0.2, -0.15) is 0 Å². The average Bonchev–Trinajstić information content (AvgIpc) is 2.29. The molecule has 0 saturated carbocycles. The molecule has 0 aliphatic carbocycles. The minimum absolute atomic E-state index is 0.250. The molecule has 1 aromatic rings. The maximum absolute atomic E-state index is 11.3. The number of primary amides is 1. The second kappa shape index (κ2) is 4.70. The molecule has 2 heterocycles. The van der Waals surface area contributed by atoms with E-state index in [1.165, 1.54) is 0 Å². The molecule has 2 N–H and O–H groups in total. The lowest BCUT2D eigenvalue weighted by Gasteiger charge is -2.34. The first-order valence-corrected chi connectivity index (χ1v) is 5.75. The summed E-state index contributed by atoms with van der Waals surface area (Å²) in [6.45, 7) is 0.806. The molecule has 86 valence electrons. The van der Waals surface area contributed by atoms with E-state index in [4.69, 9.17) is 17.3 Å². The highest BCUT2D eigenvalue weighted by Gasteiger charge is 2.27. The highest BCUT2D eigenvalue weighted by Crippen LogP contribution is 2.23. The normalized spacial score (nSPS) is 20.8. The number of rotatable bonds is 2. The van der Waals surface area contributed by atoms with Gasteiger partial charge in [0, 0.05) is 6.54 Å².